The number of hydrogen-bond donors (Lipinski definition) is 0. The van der Waals surface area contributed by atoms with Gasteiger partial charge in [-0.1, -0.05) is 47.7 Å². The smallest absolute Gasteiger partial charge is 0.353 e. The molecule has 0 aliphatic carbocycles. The van der Waals surface area contributed by atoms with Crippen LogP contribution in [0.15, 0.2) is 63.3 Å². The SMILES string of the molecule is COc1cc(/C=C2/SC(=S)N(c3cccc(Cl)c3)C2=O)cc(Br)c1OC(=O)c1cccs1. The molecule has 0 atom stereocenters. The van der Waals surface area contributed by atoms with E-state index in [1.165, 1.54) is 35.1 Å². The molecule has 0 N–H and O–H groups in total. The summed E-state index contributed by atoms with van der Waals surface area (Å²) in [5, 5.41) is 2.31. The van der Waals surface area contributed by atoms with Gasteiger partial charge >= 0.3 is 5.97 Å². The second-order valence-corrected chi connectivity index (χ2v) is 10.3. The van der Waals surface area contributed by atoms with Gasteiger partial charge in [0.05, 0.1) is 22.2 Å². The van der Waals surface area contributed by atoms with Crippen molar-refractivity contribution < 1.29 is 19.1 Å². The average Bonchev–Trinajstić information content (AvgIpc) is 3.38. The zero-order valence-electron chi connectivity index (χ0n) is 16.3. The van der Waals surface area contributed by atoms with Crippen molar-refractivity contribution in [1.29, 1.82) is 0 Å². The summed E-state index contributed by atoms with van der Waals surface area (Å²) in [6.45, 7) is 0. The van der Waals surface area contributed by atoms with E-state index in [-0.39, 0.29) is 11.7 Å². The number of esters is 1. The van der Waals surface area contributed by atoms with Crippen molar-refractivity contribution in [2.24, 2.45) is 0 Å². The molecule has 0 radical (unpaired) electrons. The summed E-state index contributed by atoms with van der Waals surface area (Å²) in [5.74, 6) is -0.116. The largest absolute Gasteiger partial charge is 0.493 e. The number of halogens is 2. The number of carbonyl (C=O) groups excluding carboxylic acids is 2. The maximum Gasteiger partial charge on any atom is 0.353 e. The first-order valence-electron chi connectivity index (χ1n) is 9.04. The standard InChI is InChI=1S/C22H13BrClNO4S3/c1-28-16-9-12(8-15(23)19(16)29-21(27)17-6-3-7-31-17)10-18-20(26)25(22(30)32-18)14-5-2-4-13(24)11-14/h2-11H,1H3/b18-10+. The Hall–Kier alpha value is -2.17. The Kier molecular flexibility index (Phi) is 7.02. The lowest BCUT2D eigenvalue weighted by Crippen LogP contribution is -2.27. The van der Waals surface area contributed by atoms with Gasteiger partial charge in [0.1, 0.15) is 4.88 Å². The fraction of sp³-hybridized carbons (Fsp3) is 0.0455. The van der Waals surface area contributed by atoms with Gasteiger partial charge in [0.2, 0.25) is 0 Å². The highest BCUT2D eigenvalue weighted by Gasteiger charge is 2.33. The lowest BCUT2D eigenvalue weighted by molar-refractivity contribution is -0.113. The van der Waals surface area contributed by atoms with Crippen LogP contribution in [0, 0.1) is 0 Å². The molecule has 10 heteroatoms. The molecule has 1 aromatic heterocycles. The maximum atomic E-state index is 13.0. The van der Waals surface area contributed by atoms with E-state index < -0.39 is 5.97 Å². The third kappa shape index (κ3) is 4.77. The second kappa shape index (κ2) is 9.76. The molecule has 0 unspecified atom stereocenters. The van der Waals surface area contributed by atoms with Crippen LogP contribution in [0.4, 0.5) is 5.69 Å². The lowest BCUT2D eigenvalue weighted by Gasteiger charge is -2.14. The number of rotatable bonds is 5. The average molecular weight is 567 g/mol. The van der Waals surface area contributed by atoms with Crippen molar-refractivity contribution in [3.05, 3.63) is 78.8 Å². The third-order valence-corrected chi connectivity index (χ3v) is 7.30. The minimum atomic E-state index is -0.478. The van der Waals surface area contributed by atoms with Gasteiger partial charge in [-0.15, -0.1) is 11.3 Å². The first-order chi connectivity index (χ1) is 15.4. The van der Waals surface area contributed by atoms with Crippen LogP contribution in [0.3, 0.4) is 0 Å². The summed E-state index contributed by atoms with van der Waals surface area (Å²) in [7, 11) is 1.48. The number of thiophene rings is 1. The van der Waals surface area contributed by atoms with Gasteiger partial charge in [0.15, 0.2) is 15.8 Å². The van der Waals surface area contributed by atoms with E-state index >= 15 is 0 Å². The number of thioether (sulfide) groups is 1. The van der Waals surface area contributed by atoms with Gasteiger partial charge in [-0.2, -0.15) is 0 Å². The molecule has 162 valence electrons. The Morgan fingerprint density at radius 2 is 2.03 bits per heavy atom. The minimum absolute atomic E-state index is 0.245. The van der Waals surface area contributed by atoms with Crippen molar-refractivity contribution in [3.63, 3.8) is 0 Å². The molecular weight excluding hydrogens is 554 g/mol. The molecule has 1 amide bonds. The monoisotopic (exact) mass is 565 g/mol. The van der Waals surface area contributed by atoms with Crippen LogP contribution in [-0.2, 0) is 4.79 Å². The van der Waals surface area contributed by atoms with E-state index in [0.717, 1.165) is 0 Å². The number of carbonyl (C=O) groups is 2. The zero-order valence-corrected chi connectivity index (χ0v) is 21.1. The number of ether oxygens (including phenoxy) is 2. The summed E-state index contributed by atoms with van der Waals surface area (Å²) in [6.07, 6.45) is 1.71. The van der Waals surface area contributed by atoms with E-state index in [9.17, 15) is 9.59 Å². The highest BCUT2D eigenvalue weighted by Crippen LogP contribution is 2.40. The van der Waals surface area contributed by atoms with Crippen molar-refractivity contribution >= 4 is 90.8 Å². The molecular formula is C22H13BrClNO4S3. The van der Waals surface area contributed by atoms with E-state index in [0.29, 0.717) is 40.6 Å². The third-order valence-electron chi connectivity index (χ3n) is 4.33. The number of nitrogens with zero attached hydrogens (tertiary/aromatic N) is 1. The van der Waals surface area contributed by atoms with Crippen LogP contribution < -0.4 is 14.4 Å². The molecule has 1 saturated heterocycles. The van der Waals surface area contributed by atoms with Gasteiger partial charge in [0, 0.05) is 5.02 Å². The van der Waals surface area contributed by atoms with E-state index in [2.05, 4.69) is 15.9 Å². The van der Waals surface area contributed by atoms with Crippen LogP contribution >= 0.6 is 62.8 Å². The molecule has 0 saturated carbocycles. The number of hydrogen-bond acceptors (Lipinski definition) is 7. The lowest BCUT2D eigenvalue weighted by atomic mass is 10.1. The summed E-state index contributed by atoms with van der Waals surface area (Å²) in [6, 6.07) is 13.8. The molecule has 0 bridgehead atoms. The van der Waals surface area contributed by atoms with Crippen molar-refractivity contribution in [3.8, 4) is 11.5 Å². The van der Waals surface area contributed by atoms with Crippen molar-refractivity contribution in [2.45, 2.75) is 0 Å². The van der Waals surface area contributed by atoms with Crippen LogP contribution in [0.2, 0.25) is 5.02 Å². The van der Waals surface area contributed by atoms with Gasteiger partial charge in [-0.3, -0.25) is 9.69 Å². The summed E-state index contributed by atoms with van der Waals surface area (Å²) in [4.78, 5) is 27.7. The Morgan fingerprint density at radius 1 is 1.22 bits per heavy atom. The molecule has 5 nitrogen and oxygen atoms in total. The number of methoxy groups -OCH3 is 1. The predicted octanol–water partition coefficient (Wildman–Crippen LogP) is 6.80. The van der Waals surface area contributed by atoms with E-state index in [1.807, 2.05) is 0 Å². The maximum absolute atomic E-state index is 13.0. The Morgan fingerprint density at radius 3 is 2.72 bits per heavy atom. The number of anilines is 1. The Balaban J connectivity index is 1.63. The van der Waals surface area contributed by atoms with Gasteiger partial charge in [-0.05, 0) is 69.3 Å². The summed E-state index contributed by atoms with van der Waals surface area (Å²) in [5.41, 5.74) is 1.29. The van der Waals surface area contributed by atoms with Crippen LogP contribution in [0.5, 0.6) is 11.5 Å². The van der Waals surface area contributed by atoms with Crippen LogP contribution in [0.1, 0.15) is 15.2 Å². The van der Waals surface area contributed by atoms with Gasteiger partial charge in [0.25, 0.3) is 5.91 Å². The van der Waals surface area contributed by atoms with Crippen LogP contribution in [-0.4, -0.2) is 23.3 Å². The molecule has 1 fully saturated rings. The van der Waals surface area contributed by atoms with Gasteiger partial charge < -0.3 is 9.47 Å². The molecule has 4 rings (SSSR count). The predicted molar refractivity (Wildman–Crippen MR) is 137 cm³/mol. The quantitative estimate of drug-likeness (QED) is 0.147. The minimum Gasteiger partial charge on any atom is -0.493 e. The van der Waals surface area contributed by atoms with Crippen LogP contribution in [0.25, 0.3) is 6.08 Å². The van der Waals surface area contributed by atoms with Crippen molar-refractivity contribution in [1.82, 2.24) is 0 Å². The first kappa shape index (κ1) is 23.0. The summed E-state index contributed by atoms with van der Waals surface area (Å²) >= 11 is 17.4. The Labute approximate surface area is 211 Å². The van der Waals surface area contributed by atoms with E-state index in [4.69, 9.17) is 33.3 Å². The molecule has 2 heterocycles. The zero-order chi connectivity index (χ0) is 22.8. The molecule has 32 heavy (non-hydrogen) atoms. The number of thiocarbonyl (C=S) groups is 1. The fourth-order valence-corrected chi connectivity index (χ4v) is 5.54. The highest BCUT2D eigenvalue weighted by molar-refractivity contribution is 9.10. The fourth-order valence-electron chi connectivity index (χ4n) is 2.92. The second-order valence-electron chi connectivity index (χ2n) is 6.40. The normalized spacial score (nSPS) is 14.8. The number of benzene rings is 2. The molecule has 2 aromatic carbocycles. The Bertz CT molecular complexity index is 1260. The number of amides is 1. The molecule has 3 aromatic rings. The topological polar surface area (TPSA) is 55.8 Å². The van der Waals surface area contributed by atoms with E-state index in [1.54, 1.807) is 60.0 Å². The molecule has 1 aliphatic heterocycles. The first-order valence-corrected chi connectivity index (χ1v) is 12.3. The molecule has 0 spiro atoms. The summed E-state index contributed by atoms with van der Waals surface area (Å²) < 4.78 is 11.9. The van der Waals surface area contributed by atoms with Crippen molar-refractivity contribution in [2.75, 3.05) is 12.0 Å². The molecule has 1 aliphatic rings. The van der Waals surface area contributed by atoms with Gasteiger partial charge in [-0.25, -0.2) is 4.79 Å². The highest BCUT2D eigenvalue weighted by atomic mass is 79.9.